The quantitative estimate of drug-likeness (QED) is 0.722. The summed E-state index contributed by atoms with van der Waals surface area (Å²) in [6, 6.07) is 4.06. The van der Waals surface area contributed by atoms with Crippen molar-refractivity contribution in [2.24, 2.45) is 0 Å². The standard InChI is InChI=1S/C12H20N2O/c1-12(2,15-3)10-14-8-6-11-5-4-7-13-9-11/h4-5,7,9,14H,6,8,10H2,1-3H3. The van der Waals surface area contributed by atoms with E-state index in [2.05, 4.69) is 30.2 Å². The Labute approximate surface area is 91.9 Å². The lowest BCUT2D eigenvalue weighted by atomic mass is 10.1. The Morgan fingerprint density at radius 3 is 2.87 bits per heavy atom. The van der Waals surface area contributed by atoms with Crippen LogP contribution in [-0.4, -0.2) is 30.8 Å². The van der Waals surface area contributed by atoms with Gasteiger partial charge in [-0.3, -0.25) is 4.98 Å². The van der Waals surface area contributed by atoms with Crippen LogP contribution >= 0.6 is 0 Å². The largest absolute Gasteiger partial charge is 0.377 e. The molecule has 0 spiro atoms. The van der Waals surface area contributed by atoms with Crippen molar-refractivity contribution in [1.29, 1.82) is 0 Å². The summed E-state index contributed by atoms with van der Waals surface area (Å²) in [7, 11) is 1.74. The Hall–Kier alpha value is -0.930. The van der Waals surface area contributed by atoms with Gasteiger partial charge in [0.05, 0.1) is 5.60 Å². The smallest absolute Gasteiger partial charge is 0.0746 e. The van der Waals surface area contributed by atoms with Crippen molar-refractivity contribution in [3.8, 4) is 0 Å². The summed E-state index contributed by atoms with van der Waals surface area (Å²) in [6.45, 7) is 5.97. The van der Waals surface area contributed by atoms with Crippen LogP contribution in [0.15, 0.2) is 24.5 Å². The molecule has 15 heavy (non-hydrogen) atoms. The Balaban J connectivity index is 2.18. The highest BCUT2D eigenvalue weighted by atomic mass is 16.5. The number of pyridine rings is 1. The number of methoxy groups -OCH3 is 1. The van der Waals surface area contributed by atoms with Gasteiger partial charge in [-0.25, -0.2) is 0 Å². The van der Waals surface area contributed by atoms with Crippen molar-refractivity contribution in [2.45, 2.75) is 25.9 Å². The minimum absolute atomic E-state index is 0.0884. The molecule has 0 aliphatic carbocycles. The first-order chi connectivity index (χ1) is 7.14. The minimum Gasteiger partial charge on any atom is -0.377 e. The molecule has 0 unspecified atom stereocenters. The van der Waals surface area contributed by atoms with E-state index >= 15 is 0 Å². The maximum Gasteiger partial charge on any atom is 0.0746 e. The zero-order valence-corrected chi connectivity index (χ0v) is 9.79. The Morgan fingerprint density at radius 2 is 2.27 bits per heavy atom. The summed E-state index contributed by atoms with van der Waals surface area (Å²) < 4.78 is 5.32. The molecule has 0 aromatic carbocycles. The lowest BCUT2D eigenvalue weighted by Gasteiger charge is -2.23. The summed E-state index contributed by atoms with van der Waals surface area (Å²) in [5, 5.41) is 3.37. The fraction of sp³-hybridized carbons (Fsp3) is 0.583. The van der Waals surface area contributed by atoms with Crippen LogP contribution in [0.3, 0.4) is 0 Å². The number of hydrogen-bond acceptors (Lipinski definition) is 3. The van der Waals surface area contributed by atoms with Crippen LogP contribution in [0.2, 0.25) is 0 Å². The second-order valence-electron chi connectivity index (χ2n) is 4.25. The van der Waals surface area contributed by atoms with Crippen LogP contribution in [0.4, 0.5) is 0 Å². The average molecular weight is 208 g/mol. The second-order valence-corrected chi connectivity index (χ2v) is 4.25. The highest BCUT2D eigenvalue weighted by molar-refractivity contribution is 5.08. The molecule has 1 rings (SSSR count). The third-order valence-corrected chi connectivity index (χ3v) is 2.42. The lowest BCUT2D eigenvalue weighted by Crippen LogP contribution is -2.37. The van der Waals surface area contributed by atoms with Crippen molar-refractivity contribution in [3.05, 3.63) is 30.1 Å². The number of hydrogen-bond donors (Lipinski definition) is 1. The van der Waals surface area contributed by atoms with Gasteiger partial charge >= 0.3 is 0 Å². The van der Waals surface area contributed by atoms with Gasteiger partial charge in [0, 0.05) is 26.0 Å². The molecule has 0 fully saturated rings. The molecule has 3 nitrogen and oxygen atoms in total. The first kappa shape index (κ1) is 12.1. The predicted octanol–water partition coefficient (Wildman–Crippen LogP) is 1.64. The molecule has 0 amide bonds. The highest BCUT2D eigenvalue weighted by Gasteiger charge is 2.14. The summed E-state index contributed by atoms with van der Waals surface area (Å²) in [6.07, 6.45) is 4.71. The maximum atomic E-state index is 5.32. The molecule has 0 saturated carbocycles. The van der Waals surface area contributed by atoms with Crippen molar-refractivity contribution in [1.82, 2.24) is 10.3 Å². The van der Waals surface area contributed by atoms with Gasteiger partial charge in [0.1, 0.15) is 0 Å². The molecule has 1 aromatic heterocycles. The zero-order valence-electron chi connectivity index (χ0n) is 9.79. The molecule has 0 bridgehead atoms. The van der Waals surface area contributed by atoms with Gasteiger partial charge in [0.15, 0.2) is 0 Å². The van der Waals surface area contributed by atoms with Gasteiger partial charge in [-0.1, -0.05) is 6.07 Å². The Morgan fingerprint density at radius 1 is 1.47 bits per heavy atom. The van der Waals surface area contributed by atoms with Crippen LogP contribution in [-0.2, 0) is 11.2 Å². The fourth-order valence-electron chi connectivity index (χ4n) is 1.24. The third-order valence-electron chi connectivity index (χ3n) is 2.42. The molecule has 1 heterocycles. The van der Waals surface area contributed by atoms with Crippen LogP contribution in [0, 0.1) is 0 Å². The van der Waals surface area contributed by atoms with Crippen molar-refractivity contribution in [3.63, 3.8) is 0 Å². The molecule has 0 saturated heterocycles. The molecule has 0 aliphatic rings. The summed E-state index contributed by atoms with van der Waals surface area (Å²) >= 11 is 0. The summed E-state index contributed by atoms with van der Waals surface area (Å²) in [5.41, 5.74) is 1.18. The van der Waals surface area contributed by atoms with E-state index in [0.717, 1.165) is 19.5 Å². The lowest BCUT2D eigenvalue weighted by molar-refractivity contribution is 0.0235. The normalized spacial score (nSPS) is 11.7. The highest BCUT2D eigenvalue weighted by Crippen LogP contribution is 2.04. The Kier molecular flexibility index (Phi) is 4.72. The summed E-state index contributed by atoms with van der Waals surface area (Å²) in [5.74, 6) is 0. The van der Waals surface area contributed by atoms with Gasteiger partial charge in [-0.05, 0) is 38.4 Å². The third kappa shape index (κ3) is 4.91. The first-order valence-electron chi connectivity index (χ1n) is 5.29. The molecular weight excluding hydrogens is 188 g/mol. The van der Waals surface area contributed by atoms with Gasteiger partial charge in [0.25, 0.3) is 0 Å². The molecule has 0 radical (unpaired) electrons. The van der Waals surface area contributed by atoms with Crippen LogP contribution < -0.4 is 5.32 Å². The topological polar surface area (TPSA) is 34.1 Å². The Bertz CT molecular complexity index is 272. The van der Waals surface area contributed by atoms with E-state index in [-0.39, 0.29) is 5.60 Å². The molecule has 0 aliphatic heterocycles. The van der Waals surface area contributed by atoms with E-state index in [0.29, 0.717) is 0 Å². The van der Waals surface area contributed by atoms with E-state index in [1.54, 1.807) is 13.3 Å². The minimum atomic E-state index is -0.0884. The van der Waals surface area contributed by atoms with Gasteiger partial charge in [0.2, 0.25) is 0 Å². The van der Waals surface area contributed by atoms with Gasteiger partial charge in [-0.2, -0.15) is 0 Å². The number of ether oxygens (including phenoxy) is 1. The van der Waals surface area contributed by atoms with Crippen LogP contribution in [0.25, 0.3) is 0 Å². The van der Waals surface area contributed by atoms with E-state index in [9.17, 15) is 0 Å². The van der Waals surface area contributed by atoms with Gasteiger partial charge < -0.3 is 10.1 Å². The van der Waals surface area contributed by atoms with Crippen molar-refractivity contribution < 1.29 is 4.74 Å². The van der Waals surface area contributed by atoms with Crippen molar-refractivity contribution in [2.75, 3.05) is 20.2 Å². The average Bonchev–Trinajstić information content (AvgIpc) is 2.26. The molecule has 1 N–H and O–H groups in total. The fourth-order valence-corrected chi connectivity index (χ4v) is 1.24. The number of aromatic nitrogens is 1. The maximum absolute atomic E-state index is 5.32. The zero-order chi connectivity index (χ0) is 11.1. The SMILES string of the molecule is COC(C)(C)CNCCc1cccnc1. The predicted molar refractivity (Wildman–Crippen MR) is 61.9 cm³/mol. The van der Waals surface area contributed by atoms with E-state index in [4.69, 9.17) is 4.74 Å². The second kappa shape index (κ2) is 5.83. The van der Waals surface area contributed by atoms with Gasteiger partial charge in [-0.15, -0.1) is 0 Å². The summed E-state index contributed by atoms with van der Waals surface area (Å²) in [4.78, 5) is 4.08. The van der Waals surface area contributed by atoms with Crippen LogP contribution in [0.1, 0.15) is 19.4 Å². The molecule has 0 atom stereocenters. The molecule has 84 valence electrons. The molecular formula is C12H20N2O. The monoisotopic (exact) mass is 208 g/mol. The number of rotatable bonds is 6. The number of nitrogens with one attached hydrogen (secondary N) is 1. The van der Waals surface area contributed by atoms with Crippen LogP contribution in [0.5, 0.6) is 0 Å². The van der Waals surface area contributed by atoms with E-state index in [1.165, 1.54) is 5.56 Å². The van der Waals surface area contributed by atoms with E-state index < -0.39 is 0 Å². The van der Waals surface area contributed by atoms with Crippen molar-refractivity contribution >= 4 is 0 Å². The molecule has 1 aromatic rings. The number of nitrogens with zero attached hydrogens (tertiary/aromatic N) is 1. The molecule has 3 heteroatoms. The van der Waals surface area contributed by atoms with E-state index in [1.807, 2.05) is 12.3 Å². The first-order valence-corrected chi connectivity index (χ1v) is 5.29.